The zero-order chi connectivity index (χ0) is 17.7. The summed E-state index contributed by atoms with van der Waals surface area (Å²) >= 11 is 0. The molecule has 3 fully saturated rings. The minimum absolute atomic E-state index is 0.247. The smallest absolute Gasteiger partial charge is 0.248 e. The highest BCUT2D eigenvalue weighted by atomic mass is 16.5. The van der Waals surface area contributed by atoms with Crippen molar-refractivity contribution < 1.29 is 9.53 Å². The number of unbranched alkanes of at least 4 members (excludes halogenated alkanes) is 1. The number of carbonyl (C=O) groups excluding carboxylic acids is 1. The molecule has 4 unspecified atom stereocenters. The average Bonchev–Trinajstić information content (AvgIpc) is 3.15. The third-order valence-electron chi connectivity index (χ3n) is 7.28. The van der Waals surface area contributed by atoms with Gasteiger partial charge in [0.2, 0.25) is 5.91 Å². The summed E-state index contributed by atoms with van der Waals surface area (Å²) in [7, 11) is 1.86. The standard InChI is InChI=1S/C21H30N2O2/c1-3-4-11-23-13-18-20(14-23)10-6-9-17(20)21(18,25-2)16-8-5-7-15(12-16)19(22)24/h5,7-8,12,17-18H,3-4,6,9-11,13-14H2,1-2H3,(H2,22,24). The molecule has 1 amide bonds. The molecule has 4 atom stereocenters. The number of carbonyl (C=O) groups is 1. The molecule has 4 nitrogen and oxygen atoms in total. The predicted octanol–water partition coefficient (Wildman–Crippen LogP) is 3.16. The molecule has 1 spiro atoms. The molecule has 25 heavy (non-hydrogen) atoms. The Morgan fingerprint density at radius 3 is 2.96 bits per heavy atom. The molecule has 4 heteroatoms. The molecule has 1 saturated heterocycles. The van der Waals surface area contributed by atoms with Crippen LogP contribution in [0, 0.1) is 17.3 Å². The van der Waals surface area contributed by atoms with Gasteiger partial charge in [-0.3, -0.25) is 4.79 Å². The second kappa shape index (κ2) is 6.10. The van der Waals surface area contributed by atoms with Crippen LogP contribution in [0.5, 0.6) is 0 Å². The van der Waals surface area contributed by atoms with Gasteiger partial charge in [0.15, 0.2) is 0 Å². The lowest BCUT2D eigenvalue weighted by molar-refractivity contribution is -0.243. The fraction of sp³-hybridized carbons (Fsp3) is 0.667. The van der Waals surface area contributed by atoms with Gasteiger partial charge in [-0.2, -0.15) is 0 Å². The SMILES string of the molecule is CCCCN1CC2C3(CCCC3C2(OC)c2cccc(C(N)=O)c2)C1. The van der Waals surface area contributed by atoms with Crippen LogP contribution in [0.2, 0.25) is 0 Å². The first kappa shape index (κ1) is 17.0. The third kappa shape index (κ3) is 2.23. The zero-order valence-corrected chi connectivity index (χ0v) is 15.5. The summed E-state index contributed by atoms with van der Waals surface area (Å²) in [5, 5.41) is 0. The van der Waals surface area contributed by atoms with Crippen molar-refractivity contribution in [2.24, 2.45) is 23.0 Å². The molecule has 1 aromatic carbocycles. The van der Waals surface area contributed by atoms with Crippen molar-refractivity contribution >= 4 is 5.91 Å². The maximum Gasteiger partial charge on any atom is 0.248 e. The second-order valence-corrected chi connectivity index (χ2v) is 8.26. The van der Waals surface area contributed by atoms with Crippen LogP contribution in [0.15, 0.2) is 24.3 Å². The highest BCUT2D eigenvalue weighted by molar-refractivity contribution is 5.93. The normalized spacial score (nSPS) is 36.7. The topological polar surface area (TPSA) is 55.6 Å². The van der Waals surface area contributed by atoms with E-state index >= 15 is 0 Å². The third-order valence-corrected chi connectivity index (χ3v) is 7.28. The number of hydrogen-bond donors (Lipinski definition) is 1. The summed E-state index contributed by atoms with van der Waals surface area (Å²) in [5.41, 5.74) is 7.44. The van der Waals surface area contributed by atoms with Crippen molar-refractivity contribution in [3.63, 3.8) is 0 Å². The maximum atomic E-state index is 11.7. The summed E-state index contributed by atoms with van der Waals surface area (Å²) in [6, 6.07) is 7.86. The number of hydrogen-bond acceptors (Lipinski definition) is 3. The molecule has 0 aromatic heterocycles. The van der Waals surface area contributed by atoms with Crippen molar-refractivity contribution in [1.82, 2.24) is 4.90 Å². The van der Waals surface area contributed by atoms with Crippen LogP contribution < -0.4 is 5.73 Å². The van der Waals surface area contributed by atoms with Gasteiger partial charge in [0, 0.05) is 31.7 Å². The number of methoxy groups -OCH3 is 1. The number of nitrogens with two attached hydrogens (primary N) is 1. The summed E-state index contributed by atoms with van der Waals surface area (Å²) in [6.45, 7) is 5.80. The van der Waals surface area contributed by atoms with E-state index in [4.69, 9.17) is 10.5 Å². The molecule has 1 aromatic rings. The predicted molar refractivity (Wildman–Crippen MR) is 98.3 cm³/mol. The molecular weight excluding hydrogens is 312 g/mol. The van der Waals surface area contributed by atoms with Crippen LogP contribution >= 0.6 is 0 Å². The first-order chi connectivity index (χ1) is 12.1. The Hall–Kier alpha value is -1.39. The van der Waals surface area contributed by atoms with Crippen LogP contribution in [0.1, 0.15) is 54.9 Å². The van der Waals surface area contributed by atoms with Gasteiger partial charge in [-0.1, -0.05) is 31.9 Å². The lowest BCUT2D eigenvalue weighted by atomic mass is 9.45. The Kier molecular flexibility index (Phi) is 4.16. The molecule has 3 aliphatic rings. The molecule has 2 saturated carbocycles. The van der Waals surface area contributed by atoms with Crippen LogP contribution in [-0.2, 0) is 10.3 Å². The van der Waals surface area contributed by atoms with E-state index in [1.807, 2.05) is 19.2 Å². The molecule has 136 valence electrons. The Bertz CT molecular complexity index is 676. The van der Waals surface area contributed by atoms with E-state index in [1.165, 1.54) is 45.2 Å². The van der Waals surface area contributed by atoms with Crippen LogP contribution in [0.3, 0.4) is 0 Å². The highest BCUT2D eigenvalue weighted by Crippen LogP contribution is 2.73. The molecule has 1 aliphatic heterocycles. The molecule has 2 aliphatic carbocycles. The quantitative estimate of drug-likeness (QED) is 0.864. The van der Waals surface area contributed by atoms with Crippen LogP contribution in [0.4, 0.5) is 0 Å². The average molecular weight is 342 g/mol. The first-order valence-electron chi connectivity index (χ1n) is 9.76. The number of primary amides is 1. The van der Waals surface area contributed by atoms with Gasteiger partial charge < -0.3 is 15.4 Å². The lowest BCUT2D eigenvalue weighted by Crippen LogP contribution is -2.65. The van der Waals surface area contributed by atoms with Crippen molar-refractivity contribution in [2.75, 3.05) is 26.7 Å². The van der Waals surface area contributed by atoms with E-state index < -0.39 is 0 Å². The first-order valence-corrected chi connectivity index (χ1v) is 9.76. The van der Waals surface area contributed by atoms with Gasteiger partial charge in [0.05, 0.1) is 0 Å². The number of rotatable bonds is 6. The molecular formula is C21H30N2O2. The minimum atomic E-state index is -0.360. The highest BCUT2D eigenvalue weighted by Gasteiger charge is 2.75. The van der Waals surface area contributed by atoms with Gasteiger partial charge in [-0.05, 0) is 54.8 Å². The van der Waals surface area contributed by atoms with Crippen molar-refractivity contribution in [3.05, 3.63) is 35.4 Å². The van der Waals surface area contributed by atoms with Crippen molar-refractivity contribution in [1.29, 1.82) is 0 Å². The van der Waals surface area contributed by atoms with Crippen LogP contribution in [0.25, 0.3) is 0 Å². The Balaban J connectivity index is 1.70. The maximum absolute atomic E-state index is 11.7. The Morgan fingerprint density at radius 2 is 2.24 bits per heavy atom. The van der Waals surface area contributed by atoms with Gasteiger partial charge in [-0.25, -0.2) is 0 Å². The van der Waals surface area contributed by atoms with E-state index in [-0.39, 0.29) is 11.5 Å². The number of amides is 1. The van der Waals surface area contributed by atoms with Gasteiger partial charge in [-0.15, -0.1) is 0 Å². The van der Waals surface area contributed by atoms with E-state index in [9.17, 15) is 4.79 Å². The van der Waals surface area contributed by atoms with E-state index in [2.05, 4.69) is 17.9 Å². The Morgan fingerprint density at radius 1 is 1.40 bits per heavy atom. The number of nitrogens with zero attached hydrogens (tertiary/aromatic N) is 1. The summed E-state index contributed by atoms with van der Waals surface area (Å²) < 4.78 is 6.29. The number of likely N-dealkylation sites (tertiary alicyclic amines) is 1. The van der Waals surface area contributed by atoms with E-state index in [0.29, 0.717) is 22.8 Å². The number of ether oxygens (including phenoxy) is 1. The summed E-state index contributed by atoms with van der Waals surface area (Å²) in [4.78, 5) is 14.3. The second-order valence-electron chi connectivity index (χ2n) is 8.26. The largest absolute Gasteiger partial charge is 0.373 e. The summed E-state index contributed by atoms with van der Waals surface area (Å²) in [5.74, 6) is 0.725. The monoisotopic (exact) mass is 342 g/mol. The van der Waals surface area contributed by atoms with Crippen LogP contribution in [-0.4, -0.2) is 37.6 Å². The van der Waals surface area contributed by atoms with E-state index in [1.54, 1.807) is 6.07 Å². The van der Waals surface area contributed by atoms with Crippen molar-refractivity contribution in [3.8, 4) is 0 Å². The van der Waals surface area contributed by atoms with Gasteiger partial charge in [0.1, 0.15) is 5.60 Å². The molecule has 2 N–H and O–H groups in total. The summed E-state index contributed by atoms with van der Waals surface area (Å²) in [6.07, 6.45) is 6.36. The van der Waals surface area contributed by atoms with E-state index in [0.717, 1.165) is 12.1 Å². The Labute approximate surface area is 150 Å². The molecule has 0 bridgehead atoms. The molecule has 1 heterocycles. The van der Waals surface area contributed by atoms with Crippen molar-refractivity contribution in [2.45, 2.75) is 44.6 Å². The molecule has 0 radical (unpaired) electrons. The number of benzene rings is 1. The molecule has 4 rings (SSSR count). The van der Waals surface area contributed by atoms with Gasteiger partial charge in [0.25, 0.3) is 0 Å². The zero-order valence-electron chi connectivity index (χ0n) is 15.5. The minimum Gasteiger partial charge on any atom is -0.373 e. The van der Waals surface area contributed by atoms with Gasteiger partial charge >= 0.3 is 0 Å². The fourth-order valence-corrected chi connectivity index (χ4v) is 6.36. The fourth-order valence-electron chi connectivity index (χ4n) is 6.36. The lowest BCUT2D eigenvalue weighted by Gasteiger charge is -2.63.